The standard InChI is InChI=1S/C18H19FN2O/c19-16-8-6-14(7-9-16)12-18(22)21-11-10-20-17(13-21)15-4-2-1-3-5-15/h1-9,17,20H,10-13H2. The number of hydrogen-bond donors (Lipinski definition) is 1. The van der Waals surface area contributed by atoms with Gasteiger partial charge in [-0.25, -0.2) is 4.39 Å². The third kappa shape index (κ3) is 3.52. The molecule has 3 rings (SSSR count). The van der Waals surface area contributed by atoms with E-state index in [-0.39, 0.29) is 17.8 Å². The normalized spacial score (nSPS) is 18.2. The first kappa shape index (κ1) is 14.7. The van der Waals surface area contributed by atoms with Crippen LogP contribution >= 0.6 is 0 Å². The zero-order chi connectivity index (χ0) is 15.4. The predicted octanol–water partition coefficient (Wildman–Crippen LogP) is 2.54. The maximum Gasteiger partial charge on any atom is 0.227 e. The lowest BCUT2D eigenvalue weighted by Crippen LogP contribution is -2.48. The molecule has 0 spiro atoms. The lowest BCUT2D eigenvalue weighted by Gasteiger charge is -2.34. The SMILES string of the molecule is O=C(Cc1ccc(F)cc1)N1CCNC(c2ccccc2)C1. The molecule has 2 aromatic carbocycles. The molecule has 0 bridgehead atoms. The number of benzene rings is 2. The first-order valence-corrected chi connectivity index (χ1v) is 7.53. The number of hydrogen-bond acceptors (Lipinski definition) is 2. The Balaban J connectivity index is 1.64. The average Bonchev–Trinajstić information content (AvgIpc) is 2.58. The number of nitrogens with zero attached hydrogens (tertiary/aromatic N) is 1. The van der Waals surface area contributed by atoms with Gasteiger partial charge in [0.1, 0.15) is 5.82 Å². The minimum Gasteiger partial charge on any atom is -0.339 e. The lowest BCUT2D eigenvalue weighted by molar-refractivity contribution is -0.131. The van der Waals surface area contributed by atoms with Gasteiger partial charge in [0, 0.05) is 25.7 Å². The number of carbonyl (C=O) groups excluding carboxylic acids is 1. The lowest BCUT2D eigenvalue weighted by atomic mass is 10.0. The summed E-state index contributed by atoms with van der Waals surface area (Å²) in [5, 5.41) is 3.45. The molecular weight excluding hydrogens is 279 g/mol. The van der Waals surface area contributed by atoms with Crippen LogP contribution in [0.3, 0.4) is 0 Å². The van der Waals surface area contributed by atoms with Gasteiger partial charge in [-0.05, 0) is 23.3 Å². The number of rotatable bonds is 3. The van der Waals surface area contributed by atoms with Gasteiger partial charge in [-0.3, -0.25) is 4.79 Å². The molecule has 1 N–H and O–H groups in total. The maximum absolute atomic E-state index is 12.9. The van der Waals surface area contributed by atoms with Gasteiger partial charge in [0.05, 0.1) is 6.42 Å². The number of carbonyl (C=O) groups is 1. The van der Waals surface area contributed by atoms with E-state index in [1.165, 1.54) is 17.7 Å². The van der Waals surface area contributed by atoms with Gasteiger partial charge in [-0.15, -0.1) is 0 Å². The molecular formula is C18H19FN2O. The molecule has 2 aromatic rings. The third-order valence-corrected chi connectivity index (χ3v) is 4.00. The van der Waals surface area contributed by atoms with E-state index in [1.54, 1.807) is 12.1 Å². The smallest absolute Gasteiger partial charge is 0.227 e. The van der Waals surface area contributed by atoms with Crippen LogP contribution in [0.5, 0.6) is 0 Å². The predicted molar refractivity (Wildman–Crippen MR) is 83.9 cm³/mol. The van der Waals surface area contributed by atoms with Gasteiger partial charge >= 0.3 is 0 Å². The topological polar surface area (TPSA) is 32.3 Å². The van der Waals surface area contributed by atoms with Crippen molar-refractivity contribution in [2.24, 2.45) is 0 Å². The minimum absolute atomic E-state index is 0.0917. The molecule has 0 saturated carbocycles. The van der Waals surface area contributed by atoms with Crippen LogP contribution in [0.2, 0.25) is 0 Å². The van der Waals surface area contributed by atoms with E-state index in [2.05, 4.69) is 17.4 Å². The first-order valence-electron chi connectivity index (χ1n) is 7.53. The van der Waals surface area contributed by atoms with Crippen molar-refractivity contribution in [3.63, 3.8) is 0 Å². The van der Waals surface area contributed by atoms with Crippen molar-refractivity contribution in [2.45, 2.75) is 12.5 Å². The quantitative estimate of drug-likeness (QED) is 0.944. The van der Waals surface area contributed by atoms with Crippen LogP contribution < -0.4 is 5.32 Å². The minimum atomic E-state index is -0.275. The Morgan fingerprint density at radius 1 is 1.14 bits per heavy atom. The molecule has 1 fully saturated rings. The highest BCUT2D eigenvalue weighted by Gasteiger charge is 2.24. The molecule has 0 radical (unpaired) electrons. The summed E-state index contributed by atoms with van der Waals surface area (Å²) < 4.78 is 12.9. The molecule has 22 heavy (non-hydrogen) atoms. The monoisotopic (exact) mass is 298 g/mol. The molecule has 1 amide bonds. The highest BCUT2D eigenvalue weighted by Crippen LogP contribution is 2.17. The fourth-order valence-electron chi connectivity index (χ4n) is 2.77. The summed E-state index contributed by atoms with van der Waals surface area (Å²) in [6.45, 7) is 2.17. The number of halogens is 1. The fraction of sp³-hybridized carbons (Fsp3) is 0.278. The Morgan fingerprint density at radius 2 is 1.86 bits per heavy atom. The first-order chi connectivity index (χ1) is 10.7. The third-order valence-electron chi connectivity index (χ3n) is 4.00. The summed E-state index contributed by atoms with van der Waals surface area (Å²) in [5.74, 6) is -0.184. The molecule has 1 saturated heterocycles. The van der Waals surface area contributed by atoms with Gasteiger partial charge in [0.15, 0.2) is 0 Å². The molecule has 1 atom stereocenters. The van der Waals surface area contributed by atoms with Gasteiger partial charge in [0.2, 0.25) is 5.91 Å². The Labute approximate surface area is 129 Å². The van der Waals surface area contributed by atoms with Crippen molar-refractivity contribution in [3.05, 3.63) is 71.5 Å². The summed E-state index contributed by atoms with van der Waals surface area (Å²) in [5.41, 5.74) is 2.04. The Hall–Kier alpha value is -2.20. The number of amides is 1. The van der Waals surface area contributed by atoms with Crippen molar-refractivity contribution in [3.8, 4) is 0 Å². The second kappa shape index (κ2) is 6.71. The maximum atomic E-state index is 12.9. The summed E-state index contributed by atoms with van der Waals surface area (Å²) in [6.07, 6.45) is 0.321. The van der Waals surface area contributed by atoms with Gasteiger partial charge < -0.3 is 10.2 Å². The Bertz CT molecular complexity index is 627. The van der Waals surface area contributed by atoms with Crippen LogP contribution in [0, 0.1) is 5.82 Å². The number of piperazine rings is 1. The van der Waals surface area contributed by atoms with Crippen molar-refractivity contribution in [2.75, 3.05) is 19.6 Å². The van der Waals surface area contributed by atoms with Crippen molar-refractivity contribution < 1.29 is 9.18 Å². The van der Waals surface area contributed by atoms with Crippen molar-refractivity contribution >= 4 is 5.91 Å². The van der Waals surface area contributed by atoms with Gasteiger partial charge in [-0.1, -0.05) is 42.5 Å². The van der Waals surface area contributed by atoms with Crippen molar-refractivity contribution in [1.29, 1.82) is 0 Å². The van der Waals surface area contributed by atoms with Crippen LogP contribution in [0.25, 0.3) is 0 Å². The molecule has 0 aliphatic carbocycles. The molecule has 1 aliphatic rings. The van der Waals surface area contributed by atoms with E-state index >= 15 is 0 Å². The van der Waals surface area contributed by atoms with Gasteiger partial charge in [-0.2, -0.15) is 0 Å². The highest BCUT2D eigenvalue weighted by molar-refractivity contribution is 5.79. The Morgan fingerprint density at radius 3 is 2.59 bits per heavy atom. The van der Waals surface area contributed by atoms with E-state index in [1.807, 2.05) is 23.1 Å². The second-order valence-corrected chi connectivity index (χ2v) is 5.56. The average molecular weight is 298 g/mol. The molecule has 114 valence electrons. The van der Waals surface area contributed by atoms with Crippen LogP contribution in [0.15, 0.2) is 54.6 Å². The molecule has 1 heterocycles. The molecule has 1 unspecified atom stereocenters. The zero-order valence-electron chi connectivity index (χ0n) is 12.3. The zero-order valence-corrected chi connectivity index (χ0v) is 12.3. The van der Waals surface area contributed by atoms with E-state index in [4.69, 9.17) is 0 Å². The highest BCUT2D eigenvalue weighted by atomic mass is 19.1. The summed E-state index contributed by atoms with van der Waals surface area (Å²) in [4.78, 5) is 14.3. The van der Waals surface area contributed by atoms with E-state index in [0.717, 1.165) is 12.1 Å². The van der Waals surface area contributed by atoms with E-state index in [9.17, 15) is 9.18 Å². The molecule has 3 nitrogen and oxygen atoms in total. The van der Waals surface area contributed by atoms with Crippen LogP contribution in [-0.2, 0) is 11.2 Å². The second-order valence-electron chi connectivity index (χ2n) is 5.56. The van der Waals surface area contributed by atoms with Crippen LogP contribution in [-0.4, -0.2) is 30.4 Å². The summed E-state index contributed by atoms with van der Waals surface area (Å²) in [6, 6.07) is 16.5. The molecule has 4 heteroatoms. The van der Waals surface area contributed by atoms with Crippen LogP contribution in [0.4, 0.5) is 4.39 Å². The molecule has 0 aromatic heterocycles. The van der Waals surface area contributed by atoms with E-state index in [0.29, 0.717) is 19.5 Å². The largest absolute Gasteiger partial charge is 0.339 e. The Kier molecular flexibility index (Phi) is 4.49. The van der Waals surface area contributed by atoms with Gasteiger partial charge in [0.25, 0.3) is 0 Å². The summed E-state index contributed by atoms with van der Waals surface area (Å²) in [7, 11) is 0. The van der Waals surface area contributed by atoms with E-state index < -0.39 is 0 Å². The fourth-order valence-corrected chi connectivity index (χ4v) is 2.77. The van der Waals surface area contributed by atoms with Crippen LogP contribution in [0.1, 0.15) is 17.2 Å². The summed E-state index contributed by atoms with van der Waals surface area (Å²) >= 11 is 0. The number of nitrogens with one attached hydrogen (secondary N) is 1. The molecule has 1 aliphatic heterocycles. The van der Waals surface area contributed by atoms with Crippen molar-refractivity contribution in [1.82, 2.24) is 10.2 Å².